The van der Waals surface area contributed by atoms with E-state index in [1.807, 2.05) is 0 Å². The molecule has 2 aliphatic carbocycles. The van der Waals surface area contributed by atoms with Crippen LogP contribution in [0.2, 0.25) is 0 Å². The number of halogens is 3. The van der Waals surface area contributed by atoms with Gasteiger partial charge in [0, 0.05) is 0 Å². The van der Waals surface area contributed by atoms with Gasteiger partial charge in [-0.2, -0.15) is 13.2 Å². The van der Waals surface area contributed by atoms with E-state index in [1.54, 1.807) is 5.32 Å². The second-order valence-electron chi connectivity index (χ2n) is 5.34. The Morgan fingerprint density at radius 1 is 1.00 bits per heavy atom. The van der Waals surface area contributed by atoms with Crippen molar-refractivity contribution in [3.63, 3.8) is 0 Å². The second-order valence-corrected chi connectivity index (χ2v) is 5.34. The first-order chi connectivity index (χ1) is 8.19. The van der Waals surface area contributed by atoms with Gasteiger partial charge in [0.2, 0.25) is 0 Å². The maximum Gasteiger partial charge on any atom is 0.471 e. The van der Waals surface area contributed by atoms with E-state index in [1.165, 1.54) is 0 Å². The van der Waals surface area contributed by atoms with Crippen LogP contribution in [-0.2, 0) is 9.59 Å². The van der Waals surface area contributed by atoms with Crippen LogP contribution in [0.3, 0.4) is 0 Å². The largest absolute Gasteiger partial charge is 0.480 e. The highest BCUT2D eigenvalue weighted by molar-refractivity contribution is 5.89. The number of hydrogen-bond acceptors (Lipinski definition) is 2. The molecule has 2 fully saturated rings. The number of nitrogens with one attached hydrogen (secondary N) is 1. The topological polar surface area (TPSA) is 66.4 Å². The molecule has 0 atom stereocenters. The third-order valence-electron chi connectivity index (χ3n) is 4.14. The van der Waals surface area contributed by atoms with Crippen molar-refractivity contribution >= 4 is 11.9 Å². The van der Waals surface area contributed by atoms with Gasteiger partial charge < -0.3 is 10.4 Å². The molecule has 0 aliphatic heterocycles. The lowest BCUT2D eigenvalue weighted by Gasteiger charge is -2.37. The van der Waals surface area contributed by atoms with Crippen molar-refractivity contribution in [1.29, 1.82) is 0 Å². The monoisotopic (exact) mass is 265 g/mol. The van der Waals surface area contributed by atoms with E-state index in [4.69, 9.17) is 5.11 Å². The zero-order valence-corrected chi connectivity index (χ0v) is 9.64. The number of carboxylic acid groups (broad SMARTS) is 1. The summed E-state index contributed by atoms with van der Waals surface area (Å²) in [5.41, 5.74) is -1.61. The fourth-order valence-electron chi connectivity index (χ4n) is 2.56. The number of amides is 1. The van der Waals surface area contributed by atoms with Crippen molar-refractivity contribution in [1.82, 2.24) is 5.32 Å². The van der Waals surface area contributed by atoms with E-state index >= 15 is 0 Å². The lowest BCUT2D eigenvalue weighted by atomic mass is 9.74. The van der Waals surface area contributed by atoms with Crippen molar-refractivity contribution < 1.29 is 27.9 Å². The van der Waals surface area contributed by atoms with Crippen molar-refractivity contribution in [2.45, 2.75) is 50.2 Å². The van der Waals surface area contributed by atoms with E-state index in [0.29, 0.717) is 12.8 Å². The van der Waals surface area contributed by atoms with Gasteiger partial charge in [0.25, 0.3) is 0 Å². The van der Waals surface area contributed by atoms with Crippen molar-refractivity contribution in [2.24, 2.45) is 5.41 Å². The van der Waals surface area contributed by atoms with Crippen LogP contribution in [0, 0.1) is 5.41 Å². The molecular formula is C11H14F3NO3. The van der Waals surface area contributed by atoms with E-state index in [9.17, 15) is 22.8 Å². The molecule has 0 heterocycles. The lowest BCUT2D eigenvalue weighted by molar-refractivity contribution is -0.178. The van der Waals surface area contributed by atoms with E-state index in [2.05, 4.69) is 0 Å². The average Bonchev–Trinajstić information content (AvgIpc) is 3.00. The predicted octanol–water partition coefficient (Wildman–Crippen LogP) is 1.84. The minimum atomic E-state index is -5.04. The molecule has 0 saturated heterocycles. The highest BCUT2D eigenvalue weighted by atomic mass is 19.4. The Morgan fingerprint density at radius 3 is 1.78 bits per heavy atom. The molecule has 0 aromatic rings. The quantitative estimate of drug-likeness (QED) is 0.800. The molecule has 0 bridgehead atoms. The number of carbonyl (C=O) groups excluding carboxylic acids is 1. The van der Waals surface area contributed by atoms with Gasteiger partial charge in [-0.05, 0) is 43.9 Å². The number of carbonyl (C=O) groups is 2. The van der Waals surface area contributed by atoms with Crippen LogP contribution < -0.4 is 5.32 Å². The number of hydrogen-bond donors (Lipinski definition) is 2. The molecule has 2 rings (SSSR count). The molecule has 2 N–H and O–H groups in total. The molecule has 102 valence electrons. The first-order valence-electron chi connectivity index (χ1n) is 5.82. The zero-order valence-electron chi connectivity index (χ0n) is 9.64. The summed E-state index contributed by atoms with van der Waals surface area (Å²) in [7, 11) is 0. The number of carboxylic acids is 1. The lowest BCUT2D eigenvalue weighted by Crippen LogP contribution is -2.59. The summed E-state index contributed by atoms with van der Waals surface area (Å²) in [6.45, 7) is 0. The van der Waals surface area contributed by atoms with Crippen LogP contribution in [0.25, 0.3) is 0 Å². The third-order valence-corrected chi connectivity index (χ3v) is 4.14. The highest BCUT2D eigenvalue weighted by Gasteiger charge is 2.54. The summed E-state index contributed by atoms with van der Waals surface area (Å²) in [4.78, 5) is 22.1. The highest BCUT2D eigenvalue weighted by Crippen LogP contribution is 2.57. The zero-order chi connectivity index (χ0) is 13.6. The Labute approximate surface area is 102 Å². The van der Waals surface area contributed by atoms with Crippen LogP contribution in [0.15, 0.2) is 0 Å². The van der Waals surface area contributed by atoms with Gasteiger partial charge in [-0.3, -0.25) is 4.79 Å². The number of rotatable bonds is 2. The van der Waals surface area contributed by atoms with Crippen LogP contribution in [0.4, 0.5) is 13.2 Å². The number of aliphatic carboxylic acids is 1. The Balaban J connectivity index is 2.08. The molecule has 4 nitrogen and oxygen atoms in total. The smallest absolute Gasteiger partial charge is 0.471 e. The van der Waals surface area contributed by atoms with E-state index in [0.717, 1.165) is 12.8 Å². The summed E-state index contributed by atoms with van der Waals surface area (Å²) in [5.74, 6) is -3.55. The molecule has 7 heteroatoms. The molecule has 0 aromatic carbocycles. The van der Waals surface area contributed by atoms with Gasteiger partial charge in [0.1, 0.15) is 5.54 Å². The van der Waals surface area contributed by atoms with Gasteiger partial charge in [-0.15, -0.1) is 0 Å². The first-order valence-corrected chi connectivity index (χ1v) is 5.82. The van der Waals surface area contributed by atoms with Crippen molar-refractivity contribution in [3.05, 3.63) is 0 Å². The Hall–Kier alpha value is -1.27. The Kier molecular flexibility index (Phi) is 2.82. The molecule has 2 aliphatic rings. The van der Waals surface area contributed by atoms with Crippen molar-refractivity contribution in [3.8, 4) is 0 Å². The first kappa shape index (κ1) is 13.2. The minimum absolute atomic E-state index is 0.0736. The average molecular weight is 265 g/mol. The van der Waals surface area contributed by atoms with Crippen LogP contribution >= 0.6 is 0 Å². The number of alkyl halides is 3. The maximum absolute atomic E-state index is 12.2. The van der Waals surface area contributed by atoms with Gasteiger partial charge in [0.05, 0.1) is 0 Å². The van der Waals surface area contributed by atoms with Crippen LogP contribution in [0.5, 0.6) is 0 Å². The van der Waals surface area contributed by atoms with Crippen molar-refractivity contribution in [2.75, 3.05) is 0 Å². The second kappa shape index (κ2) is 3.86. The van der Waals surface area contributed by atoms with Gasteiger partial charge >= 0.3 is 18.1 Å². The SMILES string of the molecule is O=C(NC1(C(=O)O)CCC2(CC2)CC1)C(F)(F)F. The van der Waals surface area contributed by atoms with Gasteiger partial charge in [-0.1, -0.05) is 0 Å². The standard InChI is InChI=1S/C11H14F3NO3/c12-11(13,14)7(16)15-10(8(17)18)5-3-9(1-2-9)4-6-10/h1-6H2,(H,15,16)(H,17,18). The summed E-state index contributed by atoms with van der Waals surface area (Å²) in [6, 6.07) is 0. The molecule has 1 amide bonds. The van der Waals surface area contributed by atoms with E-state index in [-0.39, 0.29) is 18.3 Å². The normalized spacial score (nSPS) is 24.6. The fraction of sp³-hybridized carbons (Fsp3) is 0.818. The Bertz CT molecular complexity index is 377. The molecule has 1 spiro atoms. The maximum atomic E-state index is 12.2. The summed E-state index contributed by atoms with van der Waals surface area (Å²) in [6.07, 6.45) is -1.74. The summed E-state index contributed by atoms with van der Waals surface area (Å²) in [5, 5.41) is 10.8. The minimum Gasteiger partial charge on any atom is -0.480 e. The summed E-state index contributed by atoms with van der Waals surface area (Å²) >= 11 is 0. The molecule has 0 radical (unpaired) electrons. The third kappa shape index (κ3) is 2.30. The van der Waals surface area contributed by atoms with Crippen LogP contribution in [0.1, 0.15) is 38.5 Å². The molecular weight excluding hydrogens is 251 g/mol. The predicted molar refractivity (Wildman–Crippen MR) is 54.7 cm³/mol. The Morgan fingerprint density at radius 2 is 1.44 bits per heavy atom. The van der Waals surface area contributed by atoms with Crippen LogP contribution in [-0.4, -0.2) is 28.7 Å². The fourth-order valence-corrected chi connectivity index (χ4v) is 2.56. The molecule has 18 heavy (non-hydrogen) atoms. The summed E-state index contributed by atoms with van der Waals surface area (Å²) < 4.78 is 36.6. The molecule has 0 unspecified atom stereocenters. The molecule has 0 aromatic heterocycles. The van der Waals surface area contributed by atoms with Gasteiger partial charge in [-0.25, -0.2) is 4.79 Å². The van der Waals surface area contributed by atoms with E-state index < -0.39 is 23.6 Å². The molecule has 2 saturated carbocycles. The van der Waals surface area contributed by atoms with Gasteiger partial charge in [0.15, 0.2) is 0 Å².